The third-order valence-corrected chi connectivity index (χ3v) is 2.79. The van der Waals surface area contributed by atoms with Crippen molar-refractivity contribution < 1.29 is 24.1 Å². The first-order chi connectivity index (χ1) is 9.15. The minimum absolute atomic E-state index is 0.148. The first kappa shape index (κ1) is 15.9. The van der Waals surface area contributed by atoms with Crippen LogP contribution in [0.25, 0.3) is 0 Å². The van der Waals surface area contributed by atoms with Gasteiger partial charge in [-0.3, -0.25) is 0 Å². The molecule has 0 radical (unpaired) electrons. The smallest absolute Gasteiger partial charge is 0.339 e. The molecule has 1 aromatic carbocycles. The summed E-state index contributed by atoms with van der Waals surface area (Å²) < 4.78 is 16.3. The summed E-state index contributed by atoms with van der Waals surface area (Å²) in [5, 5.41) is 9.05. The number of benzene rings is 1. The molecular formula is C13H17BrO5. The van der Waals surface area contributed by atoms with E-state index in [1.165, 1.54) is 6.07 Å². The molecular weight excluding hydrogens is 316 g/mol. The van der Waals surface area contributed by atoms with Crippen LogP contribution >= 0.6 is 15.9 Å². The van der Waals surface area contributed by atoms with Crippen molar-refractivity contribution in [3.05, 3.63) is 28.2 Å². The minimum atomic E-state index is -1.01. The second-order valence-corrected chi connectivity index (χ2v) is 4.67. The molecule has 0 unspecified atom stereocenters. The van der Waals surface area contributed by atoms with Crippen molar-refractivity contribution in [1.29, 1.82) is 0 Å². The van der Waals surface area contributed by atoms with Crippen LogP contribution in [0.4, 0.5) is 0 Å². The average molecular weight is 333 g/mol. The SMILES string of the molecule is COCCOCCCOc1ccc(Br)cc1C(=O)O. The van der Waals surface area contributed by atoms with E-state index in [1.54, 1.807) is 19.2 Å². The predicted molar refractivity (Wildman–Crippen MR) is 73.9 cm³/mol. The molecule has 5 nitrogen and oxygen atoms in total. The molecule has 106 valence electrons. The van der Waals surface area contributed by atoms with E-state index in [4.69, 9.17) is 19.3 Å². The minimum Gasteiger partial charge on any atom is -0.493 e. The van der Waals surface area contributed by atoms with Gasteiger partial charge in [0.2, 0.25) is 0 Å². The lowest BCUT2D eigenvalue weighted by Gasteiger charge is -2.09. The molecule has 19 heavy (non-hydrogen) atoms. The van der Waals surface area contributed by atoms with E-state index in [9.17, 15) is 4.79 Å². The number of aromatic carboxylic acids is 1. The second kappa shape index (κ2) is 8.90. The van der Waals surface area contributed by atoms with Crippen LogP contribution in [0.5, 0.6) is 5.75 Å². The van der Waals surface area contributed by atoms with Crippen molar-refractivity contribution in [3.63, 3.8) is 0 Å². The number of carboxylic acids is 1. The summed E-state index contributed by atoms with van der Waals surface area (Å²) in [7, 11) is 1.62. The van der Waals surface area contributed by atoms with Gasteiger partial charge in [-0.2, -0.15) is 0 Å². The fourth-order valence-corrected chi connectivity index (χ4v) is 1.74. The highest BCUT2D eigenvalue weighted by atomic mass is 79.9. The largest absolute Gasteiger partial charge is 0.493 e. The van der Waals surface area contributed by atoms with Crippen LogP contribution in [0.1, 0.15) is 16.8 Å². The van der Waals surface area contributed by atoms with Crippen LogP contribution in [0, 0.1) is 0 Å². The van der Waals surface area contributed by atoms with Gasteiger partial charge in [0.05, 0.1) is 19.8 Å². The van der Waals surface area contributed by atoms with E-state index in [0.29, 0.717) is 43.1 Å². The molecule has 0 aliphatic rings. The van der Waals surface area contributed by atoms with Crippen molar-refractivity contribution in [2.75, 3.05) is 33.5 Å². The Morgan fingerprint density at radius 3 is 2.74 bits per heavy atom. The second-order valence-electron chi connectivity index (χ2n) is 3.75. The number of ether oxygens (including phenoxy) is 3. The molecule has 0 bridgehead atoms. The highest BCUT2D eigenvalue weighted by Crippen LogP contribution is 2.23. The number of hydrogen-bond donors (Lipinski definition) is 1. The number of carboxylic acid groups (broad SMARTS) is 1. The third kappa shape index (κ3) is 6.04. The van der Waals surface area contributed by atoms with Gasteiger partial charge in [-0.25, -0.2) is 4.79 Å². The lowest BCUT2D eigenvalue weighted by atomic mass is 10.2. The third-order valence-electron chi connectivity index (χ3n) is 2.29. The fourth-order valence-electron chi connectivity index (χ4n) is 1.38. The van der Waals surface area contributed by atoms with Gasteiger partial charge in [0.15, 0.2) is 0 Å². The number of hydrogen-bond acceptors (Lipinski definition) is 4. The van der Waals surface area contributed by atoms with Crippen LogP contribution in [0.2, 0.25) is 0 Å². The highest BCUT2D eigenvalue weighted by Gasteiger charge is 2.11. The molecule has 1 N–H and O–H groups in total. The number of carbonyl (C=O) groups is 1. The first-order valence-electron chi connectivity index (χ1n) is 5.87. The van der Waals surface area contributed by atoms with Gasteiger partial charge in [0.25, 0.3) is 0 Å². The van der Waals surface area contributed by atoms with Crippen molar-refractivity contribution in [2.24, 2.45) is 0 Å². The van der Waals surface area contributed by atoms with Crippen LogP contribution < -0.4 is 4.74 Å². The van der Waals surface area contributed by atoms with Crippen LogP contribution in [-0.4, -0.2) is 44.6 Å². The zero-order valence-electron chi connectivity index (χ0n) is 10.7. The van der Waals surface area contributed by atoms with Crippen LogP contribution in [0.15, 0.2) is 22.7 Å². The molecule has 6 heteroatoms. The molecule has 0 fully saturated rings. The Labute approximate surface area is 120 Å². The Morgan fingerprint density at radius 2 is 2.05 bits per heavy atom. The van der Waals surface area contributed by atoms with E-state index >= 15 is 0 Å². The molecule has 0 aliphatic heterocycles. The molecule has 0 heterocycles. The van der Waals surface area contributed by atoms with Gasteiger partial charge in [0, 0.05) is 24.6 Å². The zero-order valence-corrected chi connectivity index (χ0v) is 12.3. The van der Waals surface area contributed by atoms with Gasteiger partial charge < -0.3 is 19.3 Å². The van der Waals surface area contributed by atoms with Crippen molar-refractivity contribution >= 4 is 21.9 Å². The summed E-state index contributed by atoms with van der Waals surface area (Å²) in [5.74, 6) is -0.639. The number of rotatable bonds is 9. The summed E-state index contributed by atoms with van der Waals surface area (Å²) in [6.45, 7) is 2.09. The molecule has 1 rings (SSSR count). The molecule has 0 spiro atoms. The van der Waals surface area contributed by atoms with Gasteiger partial charge in [0.1, 0.15) is 11.3 Å². The Morgan fingerprint density at radius 1 is 1.26 bits per heavy atom. The molecule has 0 aliphatic carbocycles. The maximum absolute atomic E-state index is 11.0. The molecule has 0 atom stereocenters. The highest BCUT2D eigenvalue weighted by molar-refractivity contribution is 9.10. The Bertz CT molecular complexity index is 408. The van der Waals surface area contributed by atoms with E-state index < -0.39 is 5.97 Å². The van der Waals surface area contributed by atoms with Crippen LogP contribution in [-0.2, 0) is 9.47 Å². The maximum Gasteiger partial charge on any atom is 0.339 e. The first-order valence-corrected chi connectivity index (χ1v) is 6.66. The lowest BCUT2D eigenvalue weighted by Crippen LogP contribution is -2.08. The predicted octanol–water partition coefficient (Wildman–Crippen LogP) is 2.58. The summed E-state index contributed by atoms with van der Waals surface area (Å²) in [5.41, 5.74) is 0.148. The normalized spacial score (nSPS) is 10.4. The lowest BCUT2D eigenvalue weighted by molar-refractivity contribution is 0.0637. The van der Waals surface area contributed by atoms with E-state index in [0.717, 1.165) is 0 Å². The molecule has 0 aromatic heterocycles. The van der Waals surface area contributed by atoms with Crippen molar-refractivity contribution in [3.8, 4) is 5.75 Å². The van der Waals surface area contributed by atoms with E-state index in [-0.39, 0.29) is 5.56 Å². The molecule has 1 aromatic rings. The summed E-state index contributed by atoms with van der Waals surface area (Å²) in [6, 6.07) is 4.91. The molecule has 0 saturated carbocycles. The quantitative estimate of drug-likeness (QED) is 0.704. The van der Waals surface area contributed by atoms with Gasteiger partial charge >= 0.3 is 5.97 Å². The summed E-state index contributed by atoms with van der Waals surface area (Å²) in [6.07, 6.45) is 0.693. The Hall–Kier alpha value is -1.11. The zero-order chi connectivity index (χ0) is 14.1. The summed E-state index contributed by atoms with van der Waals surface area (Å²) in [4.78, 5) is 11.0. The topological polar surface area (TPSA) is 65.0 Å². The molecule has 0 amide bonds. The van der Waals surface area contributed by atoms with Crippen LogP contribution in [0.3, 0.4) is 0 Å². The Kier molecular flexibility index (Phi) is 7.47. The fraction of sp³-hybridized carbons (Fsp3) is 0.462. The molecule has 0 saturated heterocycles. The van der Waals surface area contributed by atoms with Gasteiger partial charge in [-0.15, -0.1) is 0 Å². The number of halogens is 1. The Balaban J connectivity index is 2.35. The van der Waals surface area contributed by atoms with Gasteiger partial charge in [-0.05, 0) is 18.2 Å². The van der Waals surface area contributed by atoms with Crippen molar-refractivity contribution in [2.45, 2.75) is 6.42 Å². The standard InChI is InChI=1S/C13H17BrO5/c1-17-7-8-18-5-2-6-19-12-4-3-10(14)9-11(12)13(15)16/h3-4,9H,2,5-8H2,1H3,(H,15,16). The van der Waals surface area contributed by atoms with Crippen molar-refractivity contribution in [1.82, 2.24) is 0 Å². The number of methoxy groups -OCH3 is 1. The summed E-state index contributed by atoms with van der Waals surface area (Å²) >= 11 is 3.23. The van der Waals surface area contributed by atoms with Gasteiger partial charge in [-0.1, -0.05) is 15.9 Å². The maximum atomic E-state index is 11.0. The monoisotopic (exact) mass is 332 g/mol. The van der Waals surface area contributed by atoms with E-state index in [2.05, 4.69) is 15.9 Å². The average Bonchev–Trinajstić information content (AvgIpc) is 2.39. The van der Waals surface area contributed by atoms with E-state index in [1.807, 2.05) is 0 Å².